The van der Waals surface area contributed by atoms with Crippen LogP contribution >= 0.6 is 11.6 Å². The third-order valence-electron chi connectivity index (χ3n) is 4.81. The van der Waals surface area contributed by atoms with E-state index in [1.165, 1.54) is 0 Å². The molecule has 0 aromatic heterocycles. The molecule has 0 saturated carbocycles. The summed E-state index contributed by atoms with van der Waals surface area (Å²) in [6, 6.07) is 21.1. The lowest BCUT2D eigenvalue weighted by Crippen LogP contribution is -2.36. The maximum atomic E-state index is 6.00. The van der Waals surface area contributed by atoms with E-state index in [-0.39, 0.29) is 0 Å². The zero-order valence-electron chi connectivity index (χ0n) is 16.8. The molecular formula is C24H23ClN2O3. The Balaban J connectivity index is 1.45. The lowest BCUT2D eigenvalue weighted by atomic mass is 10.1. The van der Waals surface area contributed by atoms with E-state index in [2.05, 4.69) is 22.0 Å². The molecular weight excluding hydrogens is 400 g/mol. The molecule has 0 unspecified atom stereocenters. The quantitative estimate of drug-likeness (QED) is 0.476. The van der Waals surface area contributed by atoms with Gasteiger partial charge in [-0.05, 0) is 54.6 Å². The van der Waals surface area contributed by atoms with Crippen molar-refractivity contribution in [3.05, 3.63) is 77.3 Å². The second-order valence-electron chi connectivity index (χ2n) is 6.84. The Labute approximate surface area is 181 Å². The third-order valence-corrected chi connectivity index (χ3v) is 5.05. The zero-order valence-corrected chi connectivity index (χ0v) is 17.5. The number of methoxy groups -OCH3 is 1. The molecule has 3 aromatic rings. The number of aliphatic imine (C=N–C) groups is 1. The molecule has 154 valence electrons. The first-order valence-corrected chi connectivity index (χ1v) is 10.2. The van der Waals surface area contributed by atoms with Crippen LogP contribution in [0.3, 0.4) is 0 Å². The summed E-state index contributed by atoms with van der Waals surface area (Å²) in [4.78, 5) is 6.87. The summed E-state index contributed by atoms with van der Waals surface area (Å²) in [5.74, 6) is 2.22. The van der Waals surface area contributed by atoms with Crippen LogP contribution in [0.25, 0.3) is 0 Å². The van der Waals surface area contributed by atoms with E-state index < -0.39 is 0 Å². The number of morpholine rings is 1. The number of benzene rings is 3. The minimum atomic E-state index is 0.641. The van der Waals surface area contributed by atoms with Crippen molar-refractivity contribution in [3.63, 3.8) is 0 Å². The highest BCUT2D eigenvalue weighted by atomic mass is 35.5. The molecule has 1 saturated heterocycles. The normalized spacial score (nSPS) is 14.1. The molecule has 0 spiro atoms. The third kappa shape index (κ3) is 5.12. The van der Waals surface area contributed by atoms with Crippen molar-refractivity contribution in [2.24, 2.45) is 4.99 Å². The maximum Gasteiger partial charge on any atom is 0.129 e. The Morgan fingerprint density at radius 2 is 1.77 bits per heavy atom. The van der Waals surface area contributed by atoms with Crippen LogP contribution in [0.15, 0.2) is 71.7 Å². The van der Waals surface area contributed by atoms with Crippen LogP contribution in [0.1, 0.15) is 5.56 Å². The van der Waals surface area contributed by atoms with Crippen LogP contribution in [0, 0.1) is 0 Å². The van der Waals surface area contributed by atoms with Gasteiger partial charge in [-0.3, -0.25) is 4.99 Å². The largest absolute Gasteiger partial charge is 0.496 e. The summed E-state index contributed by atoms with van der Waals surface area (Å²) in [6.07, 6.45) is 1.81. The molecule has 0 atom stereocenters. The Kier molecular flexibility index (Phi) is 6.52. The van der Waals surface area contributed by atoms with Crippen LogP contribution < -0.4 is 14.4 Å². The van der Waals surface area contributed by atoms with E-state index >= 15 is 0 Å². The summed E-state index contributed by atoms with van der Waals surface area (Å²) in [5.41, 5.74) is 2.89. The van der Waals surface area contributed by atoms with Crippen LogP contribution in [0.5, 0.6) is 17.2 Å². The molecule has 0 bridgehead atoms. The summed E-state index contributed by atoms with van der Waals surface area (Å²) in [7, 11) is 1.68. The predicted molar refractivity (Wildman–Crippen MR) is 121 cm³/mol. The van der Waals surface area contributed by atoms with Crippen molar-refractivity contribution >= 4 is 29.2 Å². The fourth-order valence-electron chi connectivity index (χ4n) is 3.24. The number of rotatable bonds is 6. The summed E-state index contributed by atoms with van der Waals surface area (Å²) >= 11 is 6.00. The lowest BCUT2D eigenvalue weighted by molar-refractivity contribution is 0.122. The topological polar surface area (TPSA) is 43.3 Å². The highest BCUT2D eigenvalue weighted by Crippen LogP contribution is 2.28. The van der Waals surface area contributed by atoms with Gasteiger partial charge in [0.15, 0.2) is 0 Å². The number of hydrogen-bond donors (Lipinski definition) is 0. The van der Waals surface area contributed by atoms with E-state index in [1.54, 1.807) is 13.2 Å². The van der Waals surface area contributed by atoms with E-state index in [0.29, 0.717) is 10.8 Å². The minimum Gasteiger partial charge on any atom is -0.496 e. The summed E-state index contributed by atoms with van der Waals surface area (Å²) in [5, 5.41) is 0.641. The summed E-state index contributed by atoms with van der Waals surface area (Å²) in [6.45, 7) is 3.28. The van der Waals surface area contributed by atoms with Gasteiger partial charge in [0.1, 0.15) is 17.2 Å². The van der Waals surface area contributed by atoms with Crippen molar-refractivity contribution in [1.82, 2.24) is 0 Å². The molecule has 0 amide bonds. The van der Waals surface area contributed by atoms with Crippen molar-refractivity contribution in [1.29, 1.82) is 0 Å². The average Bonchev–Trinajstić information content (AvgIpc) is 2.79. The van der Waals surface area contributed by atoms with Gasteiger partial charge in [0, 0.05) is 41.6 Å². The van der Waals surface area contributed by atoms with Crippen LogP contribution in [0.4, 0.5) is 11.4 Å². The highest BCUT2D eigenvalue weighted by Gasteiger charge is 2.13. The van der Waals surface area contributed by atoms with Crippen LogP contribution in [-0.4, -0.2) is 39.6 Å². The second-order valence-corrected chi connectivity index (χ2v) is 7.27. The Morgan fingerprint density at radius 3 is 2.50 bits per heavy atom. The molecule has 1 aliphatic rings. The SMILES string of the molecule is COc1cc(N2CCOCC2)ccc1C=Nc1ccc(Oc2cccc(Cl)c2)cc1. The van der Waals surface area contributed by atoms with Gasteiger partial charge in [0.25, 0.3) is 0 Å². The molecule has 4 rings (SSSR count). The van der Waals surface area contributed by atoms with E-state index in [9.17, 15) is 0 Å². The van der Waals surface area contributed by atoms with E-state index in [0.717, 1.165) is 54.7 Å². The fraction of sp³-hybridized carbons (Fsp3) is 0.208. The van der Waals surface area contributed by atoms with Gasteiger partial charge in [-0.2, -0.15) is 0 Å². The number of anilines is 1. The molecule has 30 heavy (non-hydrogen) atoms. The molecule has 5 nitrogen and oxygen atoms in total. The lowest BCUT2D eigenvalue weighted by Gasteiger charge is -2.29. The molecule has 0 radical (unpaired) electrons. The Hall–Kier alpha value is -3.02. The standard InChI is InChI=1S/C24H23ClN2O3/c1-28-24-16-21(27-11-13-29-14-12-27)8-5-18(24)17-26-20-6-9-22(10-7-20)30-23-4-2-3-19(25)15-23/h2-10,15-17H,11-14H2,1H3. The minimum absolute atomic E-state index is 0.641. The van der Waals surface area contributed by atoms with Crippen molar-refractivity contribution < 1.29 is 14.2 Å². The predicted octanol–water partition coefficient (Wildman–Crippen LogP) is 5.73. The summed E-state index contributed by atoms with van der Waals surface area (Å²) < 4.78 is 16.8. The smallest absolute Gasteiger partial charge is 0.129 e. The maximum absolute atomic E-state index is 6.00. The van der Waals surface area contributed by atoms with Gasteiger partial charge in [-0.1, -0.05) is 17.7 Å². The number of halogens is 1. The van der Waals surface area contributed by atoms with Crippen molar-refractivity contribution in [2.75, 3.05) is 38.3 Å². The van der Waals surface area contributed by atoms with Crippen LogP contribution in [0.2, 0.25) is 5.02 Å². The van der Waals surface area contributed by atoms with E-state index in [1.807, 2.05) is 54.7 Å². The van der Waals surface area contributed by atoms with Gasteiger partial charge in [0.05, 0.1) is 26.0 Å². The van der Waals surface area contributed by atoms with Gasteiger partial charge in [-0.25, -0.2) is 0 Å². The van der Waals surface area contributed by atoms with Gasteiger partial charge >= 0.3 is 0 Å². The fourth-order valence-corrected chi connectivity index (χ4v) is 3.42. The van der Waals surface area contributed by atoms with Crippen molar-refractivity contribution in [2.45, 2.75) is 0 Å². The van der Waals surface area contributed by atoms with Gasteiger partial charge < -0.3 is 19.1 Å². The molecule has 1 fully saturated rings. The Bertz CT molecular complexity index is 1020. The molecule has 3 aromatic carbocycles. The number of nitrogens with zero attached hydrogens (tertiary/aromatic N) is 2. The van der Waals surface area contributed by atoms with Crippen molar-refractivity contribution in [3.8, 4) is 17.2 Å². The Morgan fingerprint density at radius 1 is 0.967 bits per heavy atom. The van der Waals surface area contributed by atoms with Gasteiger partial charge in [0.2, 0.25) is 0 Å². The zero-order chi connectivity index (χ0) is 20.8. The first kappa shape index (κ1) is 20.3. The molecule has 1 heterocycles. The van der Waals surface area contributed by atoms with E-state index in [4.69, 9.17) is 25.8 Å². The molecule has 1 aliphatic heterocycles. The number of ether oxygens (including phenoxy) is 3. The monoisotopic (exact) mass is 422 g/mol. The van der Waals surface area contributed by atoms with Crippen LogP contribution in [-0.2, 0) is 4.74 Å². The first-order chi connectivity index (χ1) is 14.7. The van der Waals surface area contributed by atoms with Gasteiger partial charge in [-0.15, -0.1) is 0 Å². The number of hydrogen-bond acceptors (Lipinski definition) is 5. The molecule has 6 heteroatoms. The first-order valence-electron chi connectivity index (χ1n) is 9.79. The highest BCUT2D eigenvalue weighted by molar-refractivity contribution is 6.30. The molecule has 0 aliphatic carbocycles. The average molecular weight is 423 g/mol. The second kappa shape index (κ2) is 9.65. The molecule has 0 N–H and O–H groups in total.